The van der Waals surface area contributed by atoms with Crippen molar-refractivity contribution in [3.63, 3.8) is 0 Å². The van der Waals surface area contributed by atoms with Gasteiger partial charge >= 0.3 is 0 Å². The molecule has 0 radical (unpaired) electrons. The van der Waals surface area contributed by atoms with E-state index in [2.05, 4.69) is 10.1 Å². The Morgan fingerprint density at radius 3 is 3.05 bits per heavy atom. The summed E-state index contributed by atoms with van der Waals surface area (Å²) in [5.74, 6) is 1.48. The Morgan fingerprint density at radius 2 is 2.29 bits per heavy atom. The van der Waals surface area contributed by atoms with Gasteiger partial charge in [0.15, 0.2) is 5.82 Å². The van der Waals surface area contributed by atoms with Crippen LogP contribution in [0.5, 0.6) is 0 Å². The molecule has 1 fully saturated rings. The summed E-state index contributed by atoms with van der Waals surface area (Å²) < 4.78 is 12.8. The minimum atomic E-state index is 0.237. The summed E-state index contributed by atoms with van der Waals surface area (Å²) in [6.45, 7) is 1.43. The molecule has 0 aliphatic carbocycles. The number of aryl methyl sites for hydroxylation is 1. The van der Waals surface area contributed by atoms with Crippen LogP contribution < -0.4 is 0 Å². The van der Waals surface area contributed by atoms with Crippen LogP contribution in [0.4, 0.5) is 0 Å². The van der Waals surface area contributed by atoms with Crippen molar-refractivity contribution in [3.05, 3.63) is 35.1 Å². The Balaban J connectivity index is 1.79. The topological polar surface area (TPSA) is 53.1 Å². The van der Waals surface area contributed by atoms with Crippen LogP contribution in [0.1, 0.15) is 18.2 Å². The maximum absolute atomic E-state index is 6.24. The van der Waals surface area contributed by atoms with E-state index in [1.807, 2.05) is 35.9 Å². The van der Waals surface area contributed by atoms with Gasteiger partial charge in [-0.1, -0.05) is 22.8 Å². The Kier molecular flexibility index (Phi) is 2.97. The maximum atomic E-state index is 6.24. The van der Waals surface area contributed by atoms with E-state index in [-0.39, 0.29) is 5.92 Å². The number of ether oxygens (including phenoxy) is 1. The molecular formula is C15H14ClN3O2. The summed E-state index contributed by atoms with van der Waals surface area (Å²) in [5, 5.41) is 5.80. The minimum absolute atomic E-state index is 0.237. The fourth-order valence-corrected chi connectivity index (χ4v) is 3.00. The van der Waals surface area contributed by atoms with Gasteiger partial charge < -0.3 is 13.8 Å². The molecule has 0 unspecified atom stereocenters. The lowest BCUT2D eigenvalue weighted by Crippen LogP contribution is -2.00. The lowest BCUT2D eigenvalue weighted by molar-refractivity contribution is 0.192. The SMILES string of the molecule is Cn1c(-c2nc([C@@H]3CCOC3)no2)cc2c(Cl)cccc21. The highest BCUT2D eigenvalue weighted by Crippen LogP contribution is 2.32. The molecule has 0 saturated carbocycles. The summed E-state index contributed by atoms with van der Waals surface area (Å²) in [7, 11) is 1.97. The number of hydrogen-bond donors (Lipinski definition) is 0. The number of aromatic nitrogens is 3. The van der Waals surface area contributed by atoms with E-state index in [1.165, 1.54) is 0 Å². The van der Waals surface area contributed by atoms with E-state index in [0.29, 0.717) is 12.5 Å². The number of hydrogen-bond acceptors (Lipinski definition) is 4. The van der Waals surface area contributed by atoms with Gasteiger partial charge in [-0.15, -0.1) is 0 Å². The molecule has 1 aliphatic heterocycles. The lowest BCUT2D eigenvalue weighted by Gasteiger charge is -2.00. The molecule has 1 saturated heterocycles. The number of halogens is 1. The van der Waals surface area contributed by atoms with E-state index in [1.54, 1.807) is 0 Å². The predicted octanol–water partition coefficient (Wildman–Crippen LogP) is 3.39. The first kappa shape index (κ1) is 12.9. The lowest BCUT2D eigenvalue weighted by atomic mass is 10.1. The highest BCUT2D eigenvalue weighted by atomic mass is 35.5. The molecule has 3 aromatic rings. The van der Waals surface area contributed by atoms with Gasteiger partial charge in [-0.3, -0.25) is 0 Å². The molecule has 0 bridgehead atoms. The molecule has 0 N–H and O–H groups in total. The summed E-state index contributed by atoms with van der Waals surface area (Å²) in [6, 6.07) is 7.82. The van der Waals surface area contributed by atoms with E-state index in [9.17, 15) is 0 Å². The summed E-state index contributed by atoms with van der Waals surface area (Å²) in [5.41, 5.74) is 1.91. The van der Waals surface area contributed by atoms with Gasteiger partial charge in [0.1, 0.15) is 5.69 Å². The molecule has 21 heavy (non-hydrogen) atoms. The van der Waals surface area contributed by atoms with Crippen molar-refractivity contribution in [2.45, 2.75) is 12.3 Å². The van der Waals surface area contributed by atoms with Gasteiger partial charge in [-0.05, 0) is 24.6 Å². The zero-order valence-electron chi connectivity index (χ0n) is 11.5. The Morgan fingerprint density at radius 1 is 1.38 bits per heavy atom. The second-order valence-electron chi connectivity index (χ2n) is 5.28. The summed E-state index contributed by atoms with van der Waals surface area (Å²) >= 11 is 6.24. The van der Waals surface area contributed by atoms with Crippen LogP contribution in [-0.2, 0) is 11.8 Å². The van der Waals surface area contributed by atoms with E-state index in [0.717, 1.165) is 40.5 Å². The highest BCUT2D eigenvalue weighted by Gasteiger charge is 2.24. The van der Waals surface area contributed by atoms with Gasteiger partial charge in [0.2, 0.25) is 0 Å². The fourth-order valence-electron chi connectivity index (χ4n) is 2.77. The van der Waals surface area contributed by atoms with Crippen LogP contribution in [0.25, 0.3) is 22.5 Å². The second-order valence-corrected chi connectivity index (χ2v) is 5.69. The van der Waals surface area contributed by atoms with Gasteiger partial charge in [-0.25, -0.2) is 0 Å². The minimum Gasteiger partial charge on any atom is -0.381 e. The van der Waals surface area contributed by atoms with Gasteiger partial charge in [0, 0.05) is 35.5 Å². The van der Waals surface area contributed by atoms with Crippen LogP contribution in [0.2, 0.25) is 5.02 Å². The average molecular weight is 304 g/mol. The van der Waals surface area contributed by atoms with Crippen molar-refractivity contribution in [3.8, 4) is 11.6 Å². The van der Waals surface area contributed by atoms with Crippen molar-refractivity contribution >= 4 is 22.5 Å². The van der Waals surface area contributed by atoms with Crippen molar-refractivity contribution in [1.82, 2.24) is 14.7 Å². The Labute approximate surface area is 126 Å². The molecule has 3 heterocycles. The maximum Gasteiger partial charge on any atom is 0.274 e. The molecule has 1 atom stereocenters. The zero-order chi connectivity index (χ0) is 14.4. The standard InChI is InChI=1S/C15H14ClN3O2/c1-19-12-4-2-3-11(16)10(12)7-13(19)15-17-14(18-21-15)9-5-6-20-8-9/h2-4,7,9H,5-6,8H2,1H3/t9-/m1/s1. The number of rotatable bonds is 2. The molecule has 4 rings (SSSR count). The highest BCUT2D eigenvalue weighted by molar-refractivity contribution is 6.35. The Bertz CT molecular complexity index is 802. The van der Waals surface area contributed by atoms with Crippen LogP contribution in [-0.4, -0.2) is 27.9 Å². The van der Waals surface area contributed by atoms with Crippen LogP contribution in [0.3, 0.4) is 0 Å². The van der Waals surface area contributed by atoms with Crippen molar-refractivity contribution < 1.29 is 9.26 Å². The molecule has 1 aromatic carbocycles. The smallest absolute Gasteiger partial charge is 0.274 e. The zero-order valence-corrected chi connectivity index (χ0v) is 12.3. The monoisotopic (exact) mass is 303 g/mol. The molecule has 1 aliphatic rings. The molecule has 108 valence electrons. The largest absolute Gasteiger partial charge is 0.381 e. The molecule has 2 aromatic heterocycles. The normalized spacial score (nSPS) is 18.7. The van der Waals surface area contributed by atoms with Crippen LogP contribution in [0.15, 0.2) is 28.8 Å². The van der Waals surface area contributed by atoms with Crippen molar-refractivity contribution in [1.29, 1.82) is 0 Å². The second kappa shape index (κ2) is 4.86. The molecule has 0 spiro atoms. The van der Waals surface area contributed by atoms with E-state index < -0.39 is 0 Å². The van der Waals surface area contributed by atoms with Gasteiger partial charge in [0.25, 0.3) is 5.89 Å². The van der Waals surface area contributed by atoms with E-state index >= 15 is 0 Å². The molecule has 6 heteroatoms. The van der Waals surface area contributed by atoms with Gasteiger partial charge in [-0.2, -0.15) is 4.98 Å². The summed E-state index contributed by atoms with van der Waals surface area (Å²) in [4.78, 5) is 4.53. The third kappa shape index (κ3) is 2.04. The predicted molar refractivity (Wildman–Crippen MR) is 79.4 cm³/mol. The third-order valence-electron chi connectivity index (χ3n) is 3.99. The number of nitrogens with zero attached hydrogens (tertiary/aromatic N) is 3. The van der Waals surface area contributed by atoms with Gasteiger partial charge in [0.05, 0.1) is 6.61 Å². The number of benzene rings is 1. The Hall–Kier alpha value is -1.85. The fraction of sp³-hybridized carbons (Fsp3) is 0.333. The van der Waals surface area contributed by atoms with E-state index in [4.69, 9.17) is 20.9 Å². The first-order chi connectivity index (χ1) is 10.2. The third-order valence-corrected chi connectivity index (χ3v) is 4.32. The van der Waals surface area contributed by atoms with Crippen molar-refractivity contribution in [2.24, 2.45) is 7.05 Å². The molecule has 5 nitrogen and oxygen atoms in total. The first-order valence-electron chi connectivity index (χ1n) is 6.89. The quantitative estimate of drug-likeness (QED) is 0.728. The summed E-state index contributed by atoms with van der Waals surface area (Å²) in [6.07, 6.45) is 0.944. The van der Waals surface area contributed by atoms with Crippen molar-refractivity contribution in [2.75, 3.05) is 13.2 Å². The number of fused-ring (bicyclic) bond motifs is 1. The average Bonchev–Trinajstić information content (AvgIpc) is 3.18. The van der Waals surface area contributed by atoms with Crippen LogP contribution in [0, 0.1) is 0 Å². The molecular weight excluding hydrogens is 290 g/mol. The first-order valence-corrected chi connectivity index (χ1v) is 7.27. The van der Waals surface area contributed by atoms with Crippen LogP contribution >= 0.6 is 11.6 Å². The molecule has 0 amide bonds.